The number of pyridine rings is 1. The maximum absolute atomic E-state index is 11.1. The number of hydrogen-bond acceptors (Lipinski definition) is 5. The van der Waals surface area contributed by atoms with Crippen LogP contribution in [0.1, 0.15) is 34.6 Å². The van der Waals surface area contributed by atoms with Crippen molar-refractivity contribution in [3.05, 3.63) is 22.2 Å². The molecular weight excluding hydrogens is 256 g/mol. The van der Waals surface area contributed by atoms with Crippen molar-refractivity contribution in [1.82, 2.24) is 4.98 Å². The van der Waals surface area contributed by atoms with Gasteiger partial charge in [0.2, 0.25) is 5.82 Å². The predicted molar refractivity (Wildman–Crippen MR) is 82.2 cm³/mol. The van der Waals surface area contributed by atoms with E-state index in [9.17, 15) is 10.1 Å². The molecule has 0 saturated heterocycles. The van der Waals surface area contributed by atoms with E-state index in [-0.39, 0.29) is 11.1 Å². The summed E-state index contributed by atoms with van der Waals surface area (Å²) in [7, 11) is 0. The molecular formula is C14H24N4O2. The molecule has 1 heterocycles. The molecule has 0 radical (unpaired) electrons. The Bertz CT molecular complexity index is 472. The average Bonchev–Trinajstić information content (AvgIpc) is 2.36. The molecule has 0 fully saturated rings. The van der Waals surface area contributed by atoms with E-state index < -0.39 is 4.92 Å². The van der Waals surface area contributed by atoms with Crippen LogP contribution >= 0.6 is 0 Å². The van der Waals surface area contributed by atoms with Crippen molar-refractivity contribution in [3.63, 3.8) is 0 Å². The first-order valence-electron chi connectivity index (χ1n) is 6.91. The maximum Gasteiger partial charge on any atom is 0.311 e. The van der Waals surface area contributed by atoms with Gasteiger partial charge in [0.15, 0.2) is 0 Å². The third-order valence-electron chi connectivity index (χ3n) is 3.70. The summed E-state index contributed by atoms with van der Waals surface area (Å²) in [6.45, 7) is 11.8. The number of rotatable bonds is 7. The predicted octanol–water partition coefficient (Wildman–Crippen LogP) is 3.52. The Morgan fingerprint density at radius 3 is 2.50 bits per heavy atom. The number of anilines is 2. The topological polar surface area (TPSA) is 80.1 Å². The lowest BCUT2D eigenvalue weighted by atomic mass is 9.81. The zero-order valence-corrected chi connectivity index (χ0v) is 12.9. The third-order valence-corrected chi connectivity index (χ3v) is 3.70. The van der Waals surface area contributed by atoms with Gasteiger partial charge in [-0.15, -0.1) is 0 Å². The van der Waals surface area contributed by atoms with E-state index in [1.165, 1.54) is 6.07 Å². The summed E-state index contributed by atoms with van der Waals surface area (Å²) in [5, 5.41) is 17.2. The number of nitro groups is 1. The molecule has 0 bridgehead atoms. The van der Waals surface area contributed by atoms with Crippen molar-refractivity contribution in [2.24, 2.45) is 11.3 Å². The zero-order valence-electron chi connectivity index (χ0n) is 12.9. The Balaban J connectivity index is 2.96. The largest absolute Gasteiger partial charge is 0.370 e. The van der Waals surface area contributed by atoms with E-state index in [0.29, 0.717) is 24.1 Å². The fraction of sp³-hybridized carbons (Fsp3) is 0.643. The minimum Gasteiger partial charge on any atom is -0.370 e. The molecule has 0 aromatic carbocycles. The van der Waals surface area contributed by atoms with Crippen molar-refractivity contribution < 1.29 is 4.92 Å². The molecule has 0 aliphatic heterocycles. The van der Waals surface area contributed by atoms with Gasteiger partial charge in [0.1, 0.15) is 5.82 Å². The van der Waals surface area contributed by atoms with Crippen LogP contribution in [0.25, 0.3) is 0 Å². The second-order valence-electron chi connectivity index (χ2n) is 5.85. The van der Waals surface area contributed by atoms with Crippen LogP contribution in [0.3, 0.4) is 0 Å². The van der Waals surface area contributed by atoms with E-state index in [1.54, 1.807) is 6.07 Å². The summed E-state index contributed by atoms with van der Waals surface area (Å²) >= 11 is 0. The SMILES string of the molecule is CCNc1ccc([N+](=O)[O-])c(NCC(C)(C)C(C)C)n1. The van der Waals surface area contributed by atoms with Crippen LogP contribution in [0.2, 0.25) is 0 Å². The van der Waals surface area contributed by atoms with Crippen molar-refractivity contribution in [1.29, 1.82) is 0 Å². The standard InChI is InChI=1S/C14H24N4O2/c1-6-15-12-8-7-11(18(19)20)13(17-12)16-9-14(4,5)10(2)3/h7-8,10H,6,9H2,1-5H3,(H2,15,16,17). The lowest BCUT2D eigenvalue weighted by Gasteiger charge is -2.29. The van der Waals surface area contributed by atoms with Crippen LogP contribution in [0.15, 0.2) is 12.1 Å². The van der Waals surface area contributed by atoms with Gasteiger partial charge in [-0.25, -0.2) is 4.98 Å². The minimum absolute atomic E-state index is 0.00575. The molecule has 1 rings (SSSR count). The van der Waals surface area contributed by atoms with Crippen LogP contribution < -0.4 is 10.6 Å². The first-order chi connectivity index (χ1) is 9.27. The Morgan fingerprint density at radius 2 is 2.00 bits per heavy atom. The van der Waals surface area contributed by atoms with Crippen LogP contribution in [-0.4, -0.2) is 23.0 Å². The molecule has 0 unspecified atom stereocenters. The van der Waals surface area contributed by atoms with Crippen molar-refractivity contribution in [3.8, 4) is 0 Å². The number of nitrogens with one attached hydrogen (secondary N) is 2. The van der Waals surface area contributed by atoms with Gasteiger partial charge in [-0.05, 0) is 24.3 Å². The maximum atomic E-state index is 11.1. The van der Waals surface area contributed by atoms with Crippen LogP contribution in [0.4, 0.5) is 17.3 Å². The summed E-state index contributed by atoms with van der Waals surface area (Å²) in [4.78, 5) is 14.9. The second kappa shape index (κ2) is 6.54. The molecule has 0 aliphatic carbocycles. The Labute approximate surface area is 120 Å². The quantitative estimate of drug-likeness (QED) is 0.590. The summed E-state index contributed by atoms with van der Waals surface area (Å²) in [6, 6.07) is 3.11. The molecule has 1 aromatic heterocycles. The number of nitrogens with zero attached hydrogens (tertiary/aromatic N) is 2. The van der Waals surface area contributed by atoms with Crippen molar-refractivity contribution >= 4 is 17.3 Å². The molecule has 0 atom stereocenters. The fourth-order valence-electron chi connectivity index (χ4n) is 1.52. The highest BCUT2D eigenvalue weighted by atomic mass is 16.6. The molecule has 0 saturated carbocycles. The summed E-state index contributed by atoms with van der Waals surface area (Å²) in [5.74, 6) is 1.43. The van der Waals surface area contributed by atoms with Crippen molar-refractivity contribution in [2.75, 3.05) is 23.7 Å². The van der Waals surface area contributed by atoms with Crippen molar-refractivity contribution in [2.45, 2.75) is 34.6 Å². The normalized spacial score (nSPS) is 11.5. The molecule has 6 heteroatoms. The molecule has 1 aromatic rings. The van der Waals surface area contributed by atoms with Gasteiger partial charge < -0.3 is 10.6 Å². The zero-order chi connectivity index (χ0) is 15.3. The molecule has 0 spiro atoms. The highest BCUT2D eigenvalue weighted by Gasteiger charge is 2.24. The van der Waals surface area contributed by atoms with Gasteiger partial charge in [0.25, 0.3) is 0 Å². The summed E-state index contributed by atoms with van der Waals surface area (Å²) in [5.41, 5.74) is 0.0372. The van der Waals surface area contributed by atoms with Crippen LogP contribution in [0.5, 0.6) is 0 Å². The molecule has 2 N–H and O–H groups in total. The van der Waals surface area contributed by atoms with Crippen LogP contribution in [0, 0.1) is 21.4 Å². The number of aromatic nitrogens is 1. The Morgan fingerprint density at radius 1 is 1.35 bits per heavy atom. The van der Waals surface area contributed by atoms with E-state index in [2.05, 4.69) is 43.3 Å². The van der Waals surface area contributed by atoms with Gasteiger partial charge in [0, 0.05) is 19.2 Å². The molecule has 112 valence electrons. The smallest absolute Gasteiger partial charge is 0.311 e. The number of hydrogen-bond donors (Lipinski definition) is 2. The molecule has 0 aliphatic rings. The van der Waals surface area contributed by atoms with Gasteiger partial charge in [-0.3, -0.25) is 10.1 Å². The Kier molecular flexibility index (Phi) is 5.30. The summed E-state index contributed by atoms with van der Waals surface area (Å²) in [6.07, 6.45) is 0. The summed E-state index contributed by atoms with van der Waals surface area (Å²) < 4.78 is 0. The van der Waals surface area contributed by atoms with Gasteiger partial charge in [-0.2, -0.15) is 0 Å². The highest BCUT2D eigenvalue weighted by molar-refractivity contribution is 5.60. The lowest BCUT2D eigenvalue weighted by Crippen LogP contribution is -2.29. The van der Waals surface area contributed by atoms with E-state index >= 15 is 0 Å². The van der Waals surface area contributed by atoms with E-state index in [0.717, 1.165) is 6.54 Å². The van der Waals surface area contributed by atoms with Gasteiger partial charge >= 0.3 is 5.69 Å². The minimum atomic E-state index is -0.409. The van der Waals surface area contributed by atoms with E-state index in [1.807, 2.05) is 6.92 Å². The van der Waals surface area contributed by atoms with Gasteiger partial charge in [-0.1, -0.05) is 27.7 Å². The fourth-order valence-corrected chi connectivity index (χ4v) is 1.52. The second-order valence-corrected chi connectivity index (χ2v) is 5.85. The molecule has 20 heavy (non-hydrogen) atoms. The van der Waals surface area contributed by atoms with Gasteiger partial charge in [0.05, 0.1) is 4.92 Å². The highest BCUT2D eigenvalue weighted by Crippen LogP contribution is 2.29. The van der Waals surface area contributed by atoms with Crippen LogP contribution in [-0.2, 0) is 0 Å². The first-order valence-corrected chi connectivity index (χ1v) is 6.91. The third kappa shape index (κ3) is 4.08. The first kappa shape index (κ1) is 16.2. The Hall–Kier alpha value is -1.85. The average molecular weight is 280 g/mol. The van der Waals surface area contributed by atoms with E-state index in [4.69, 9.17) is 0 Å². The molecule has 0 amide bonds. The molecule has 6 nitrogen and oxygen atoms in total. The lowest BCUT2D eigenvalue weighted by molar-refractivity contribution is -0.384. The monoisotopic (exact) mass is 280 g/mol.